The molecule has 2 heterocycles. The van der Waals surface area contributed by atoms with E-state index in [1.54, 1.807) is 11.1 Å². The molecule has 0 unspecified atom stereocenters. The van der Waals surface area contributed by atoms with Crippen molar-refractivity contribution in [2.45, 2.75) is 52.4 Å². The molecular formula is C25H29N3O4. The SMILES string of the molecule is CCC1=NN(Cc2ccccc2C)C(=O)[C@@H]1CCNC(=O)[C@H]1Oc2ccccc2O[C@H]1C. The molecule has 0 saturated carbocycles. The van der Waals surface area contributed by atoms with Gasteiger partial charge in [-0.25, -0.2) is 5.01 Å². The van der Waals surface area contributed by atoms with E-state index in [1.807, 2.05) is 63.2 Å². The van der Waals surface area contributed by atoms with Crippen molar-refractivity contribution in [2.75, 3.05) is 6.54 Å². The molecular weight excluding hydrogens is 406 g/mol. The van der Waals surface area contributed by atoms with E-state index >= 15 is 0 Å². The van der Waals surface area contributed by atoms with Gasteiger partial charge in [0, 0.05) is 6.54 Å². The van der Waals surface area contributed by atoms with Crippen molar-refractivity contribution in [3.05, 3.63) is 59.7 Å². The molecule has 0 bridgehead atoms. The summed E-state index contributed by atoms with van der Waals surface area (Å²) >= 11 is 0. The van der Waals surface area contributed by atoms with E-state index < -0.39 is 12.2 Å². The van der Waals surface area contributed by atoms with E-state index in [0.717, 1.165) is 16.8 Å². The van der Waals surface area contributed by atoms with Gasteiger partial charge >= 0.3 is 0 Å². The Morgan fingerprint density at radius 3 is 2.50 bits per heavy atom. The van der Waals surface area contributed by atoms with Gasteiger partial charge < -0.3 is 14.8 Å². The second kappa shape index (κ2) is 9.42. The van der Waals surface area contributed by atoms with Gasteiger partial charge in [-0.05, 0) is 49.9 Å². The largest absolute Gasteiger partial charge is 0.482 e. The van der Waals surface area contributed by atoms with Crippen LogP contribution in [0.4, 0.5) is 0 Å². The van der Waals surface area contributed by atoms with Crippen LogP contribution in [0.15, 0.2) is 53.6 Å². The fourth-order valence-electron chi connectivity index (χ4n) is 4.11. The second-order valence-corrected chi connectivity index (χ2v) is 8.21. The van der Waals surface area contributed by atoms with E-state index in [1.165, 1.54) is 0 Å². The summed E-state index contributed by atoms with van der Waals surface area (Å²) in [4.78, 5) is 25.7. The fourth-order valence-corrected chi connectivity index (χ4v) is 4.11. The average molecular weight is 436 g/mol. The molecule has 0 saturated heterocycles. The van der Waals surface area contributed by atoms with Crippen molar-refractivity contribution < 1.29 is 19.1 Å². The Hall–Kier alpha value is -3.35. The van der Waals surface area contributed by atoms with Gasteiger partial charge in [0.1, 0.15) is 6.10 Å². The molecule has 4 rings (SSSR count). The summed E-state index contributed by atoms with van der Waals surface area (Å²) in [5, 5.41) is 9.04. The smallest absolute Gasteiger partial charge is 0.265 e. The van der Waals surface area contributed by atoms with Crippen LogP contribution in [0.25, 0.3) is 0 Å². The molecule has 3 atom stereocenters. The zero-order valence-electron chi connectivity index (χ0n) is 18.7. The number of benzene rings is 2. The molecule has 1 N–H and O–H groups in total. The number of fused-ring (bicyclic) bond motifs is 1. The van der Waals surface area contributed by atoms with Gasteiger partial charge in [0.25, 0.3) is 11.8 Å². The third-order valence-corrected chi connectivity index (χ3v) is 5.98. The molecule has 0 aliphatic carbocycles. The topological polar surface area (TPSA) is 80.2 Å². The molecule has 7 nitrogen and oxygen atoms in total. The lowest BCUT2D eigenvalue weighted by Crippen LogP contribution is -2.49. The molecule has 0 spiro atoms. The molecule has 2 aromatic rings. The van der Waals surface area contributed by atoms with Crippen LogP contribution in [0.1, 0.15) is 37.8 Å². The van der Waals surface area contributed by atoms with Gasteiger partial charge in [-0.3, -0.25) is 9.59 Å². The molecule has 32 heavy (non-hydrogen) atoms. The number of para-hydroxylation sites is 2. The summed E-state index contributed by atoms with van der Waals surface area (Å²) in [6.45, 7) is 6.67. The van der Waals surface area contributed by atoms with Crippen LogP contribution < -0.4 is 14.8 Å². The van der Waals surface area contributed by atoms with Crippen molar-refractivity contribution in [1.29, 1.82) is 0 Å². The Morgan fingerprint density at radius 2 is 1.78 bits per heavy atom. The summed E-state index contributed by atoms with van der Waals surface area (Å²) in [7, 11) is 0. The predicted octanol–water partition coefficient (Wildman–Crippen LogP) is 3.45. The molecule has 0 aromatic heterocycles. The summed E-state index contributed by atoms with van der Waals surface area (Å²) in [6.07, 6.45) is 0.0543. The standard InChI is InChI=1S/C25H29N3O4/c1-4-20-19(25(30)28(27-20)15-18-10-6-5-9-16(18)2)13-14-26-24(29)23-17(3)31-21-11-7-8-12-22(21)32-23/h5-12,17,19,23H,4,13-15H2,1-3H3,(H,26,29)/t17-,19+,23-/m0/s1. The Balaban J connectivity index is 1.33. The zero-order valence-corrected chi connectivity index (χ0v) is 18.7. The first kappa shape index (κ1) is 21.9. The lowest BCUT2D eigenvalue weighted by atomic mass is 9.97. The number of amides is 2. The monoisotopic (exact) mass is 435 g/mol. The van der Waals surface area contributed by atoms with Gasteiger partial charge in [-0.1, -0.05) is 43.3 Å². The van der Waals surface area contributed by atoms with Crippen LogP contribution >= 0.6 is 0 Å². The van der Waals surface area contributed by atoms with Crippen molar-refractivity contribution in [1.82, 2.24) is 10.3 Å². The second-order valence-electron chi connectivity index (χ2n) is 8.21. The van der Waals surface area contributed by atoms with Crippen LogP contribution in [0, 0.1) is 12.8 Å². The van der Waals surface area contributed by atoms with Crippen molar-refractivity contribution >= 4 is 17.5 Å². The van der Waals surface area contributed by atoms with Gasteiger partial charge in [-0.15, -0.1) is 0 Å². The van der Waals surface area contributed by atoms with Crippen LogP contribution in [-0.2, 0) is 16.1 Å². The van der Waals surface area contributed by atoms with E-state index in [2.05, 4.69) is 10.4 Å². The van der Waals surface area contributed by atoms with E-state index in [9.17, 15) is 9.59 Å². The molecule has 2 aromatic carbocycles. The first-order chi connectivity index (χ1) is 15.5. The number of hydrogen-bond acceptors (Lipinski definition) is 5. The van der Waals surface area contributed by atoms with Gasteiger partial charge in [-0.2, -0.15) is 5.10 Å². The molecule has 168 valence electrons. The predicted molar refractivity (Wildman–Crippen MR) is 122 cm³/mol. The van der Waals surface area contributed by atoms with Crippen LogP contribution in [0.3, 0.4) is 0 Å². The lowest BCUT2D eigenvalue weighted by Gasteiger charge is -2.31. The number of rotatable bonds is 7. The van der Waals surface area contributed by atoms with Crippen LogP contribution in [-0.4, -0.2) is 41.3 Å². The Labute approximate surface area is 188 Å². The highest BCUT2D eigenvalue weighted by atomic mass is 16.6. The molecule has 2 amide bonds. The Kier molecular flexibility index (Phi) is 6.44. The number of nitrogens with one attached hydrogen (secondary N) is 1. The molecule has 2 aliphatic rings. The molecule has 0 radical (unpaired) electrons. The van der Waals surface area contributed by atoms with Crippen molar-refractivity contribution in [2.24, 2.45) is 11.0 Å². The number of carbonyl (C=O) groups is 2. The maximum absolute atomic E-state index is 13.0. The van der Waals surface area contributed by atoms with Crippen molar-refractivity contribution in [3.63, 3.8) is 0 Å². The quantitative estimate of drug-likeness (QED) is 0.722. The minimum absolute atomic E-state index is 0.0149. The molecule has 2 aliphatic heterocycles. The summed E-state index contributed by atoms with van der Waals surface area (Å²) in [5.41, 5.74) is 3.07. The number of hydrazone groups is 1. The van der Waals surface area contributed by atoms with Gasteiger partial charge in [0.2, 0.25) is 6.10 Å². The highest BCUT2D eigenvalue weighted by Gasteiger charge is 2.36. The van der Waals surface area contributed by atoms with Gasteiger partial charge in [0.05, 0.1) is 18.2 Å². The average Bonchev–Trinajstić information content (AvgIpc) is 3.09. The third-order valence-electron chi connectivity index (χ3n) is 5.98. The van der Waals surface area contributed by atoms with E-state index in [-0.39, 0.29) is 17.7 Å². The Bertz CT molecular complexity index is 1040. The van der Waals surface area contributed by atoms with Crippen molar-refractivity contribution in [3.8, 4) is 11.5 Å². The zero-order chi connectivity index (χ0) is 22.7. The number of carbonyl (C=O) groups excluding carboxylic acids is 2. The number of aryl methyl sites for hydroxylation is 1. The first-order valence-corrected chi connectivity index (χ1v) is 11.1. The summed E-state index contributed by atoms with van der Waals surface area (Å²) in [6, 6.07) is 15.3. The Morgan fingerprint density at radius 1 is 1.09 bits per heavy atom. The van der Waals surface area contributed by atoms with E-state index in [0.29, 0.717) is 37.4 Å². The minimum Gasteiger partial charge on any atom is -0.482 e. The maximum Gasteiger partial charge on any atom is 0.265 e. The maximum atomic E-state index is 13.0. The normalized spacial score (nSPS) is 22.0. The fraction of sp³-hybridized carbons (Fsp3) is 0.400. The first-order valence-electron chi connectivity index (χ1n) is 11.1. The number of hydrogen-bond donors (Lipinski definition) is 1. The molecule has 0 fully saturated rings. The molecule has 7 heteroatoms. The minimum atomic E-state index is -0.735. The summed E-state index contributed by atoms with van der Waals surface area (Å²) < 4.78 is 11.7. The third kappa shape index (κ3) is 4.47. The number of ether oxygens (including phenoxy) is 2. The summed E-state index contributed by atoms with van der Waals surface area (Å²) in [5.74, 6) is 0.621. The van der Waals surface area contributed by atoms with Gasteiger partial charge in [0.15, 0.2) is 11.5 Å². The van der Waals surface area contributed by atoms with E-state index in [4.69, 9.17) is 9.47 Å². The lowest BCUT2D eigenvalue weighted by molar-refractivity contribution is -0.135. The highest BCUT2D eigenvalue weighted by Crippen LogP contribution is 2.33. The van der Waals surface area contributed by atoms with Crippen LogP contribution in [0.2, 0.25) is 0 Å². The number of nitrogens with zero attached hydrogens (tertiary/aromatic N) is 2. The highest BCUT2D eigenvalue weighted by molar-refractivity contribution is 6.07. The van der Waals surface area contributed by atoms with Crippen LogP contribution in [0.5, 0.6) is 11.5 Å².